The summed E-state index contributed by atoms with van der Waals surface area (Å²) in [6, 6.07) is 3.02. The van der Waals surface area contributed by atoms with Gasteiger partial charge in [0, 0.05) is 44.6 Å². The van der Waals surface area contributed by atoms with Crippen LogP contribution in [0.5, 0.6) is 0 Å². The lowest BCUT2D eigenvalue weighted by Crippen LogP contribution is -2.49. The van der Waals surface area contributed by atoms with E-state index in [2.05, 4.69) is 15.0 Å². The van der Waals surface area contributed by atoms with Crippen LogP contribution in [0.2, 0.25) is 0 Å². The van der Waals surface area contributed by atoms with Gasteiger partial charge in [-0.15, -0.1) is 0 Å². The molecule has 0 atom stereocenters. The normalized spacial score (nSPS) is 14.5. The van der Waals surface area contributed by atoms with E-state index < -0.39 is 4.92 Å². The molecule has 2 aromatic rings. The van der Waals surface area contributed by atoms with Gasteiger partial charge in [-0.25, -0.2) is 9.97 Å². The lowest BCUT2D eigenvalue weighted by atomic mass is 10.2. The highest BCUT2D eigenvalue weighted by Crippen LogP contribution is 2.19. The molecular formula is C14H15N7O3. The Bertz CT molecular complexity index is 757. The van der Waals surface area contributed by atoms with E-state index in [9.17, 15) is 14.9 Å². The minimum absolute atomic E-state index is 0.115. The number of piperazine rings is 1. The molecule has 0 aliphatic carbocycles. The average molecular weight is 329 g/mol. The fourth-order valence-corrected chi connectivity index (χ4v) is 2.50. The van der Waals surface area contributed by atoms with Crippen LogP contribution in [-0.2, 0) is 0 Å². The SMILES string of the molecule is Nc1nccnc1C(=O)N1CCN(c2ccc([N+](=O)[O-])nc2)CC1. The average Bonchev–Trinajstić information content (AvgIpc) is 2.62. The second-order valence-electron chi connectivity index (χ2n) is 5.20. The third-order valence-corrected chi connectivity index (χ3v) is 3.78. The quantitative estimate of drug-likeness (QED) is 0.629. The van der Waals surface area contributed by atoms with Crippen molar-refractivity contribution in [2.45, 2.75) is 0 Å². The number of rotatable bonds is 3. The molecule has 0 radical (unpaired) electrons. The summed E-state index contributed by atoms with van der Waals surface area (Å²) < 4.78 is 0. The van der Waals surface area contributed by atoms with Crippen molar-refractivity contribution in [1.29, 1.82) is 0 Å². The Labute approximate surface area is 137 Å². The molecule has 10 heteroatoms. The molecule has 1 aliphatic heterocycles. The van der Waals surface area contributed by atoms with Gasteiger partial charge in [-0.05, 0) is 16.0 Å². The van der Waals surface area contributed by atoms with Crippen LogP contribution in [-0.4, -0.2) is 56.9 Å². The van der Waals surface area contributed by atoms with Crippen molar-refractivity contribution < 1.29 is 9.72 Å². The number of anilines is 2. The number of carbonyl (C=O) groups is 1. The summed E-state index contributed by atoms with van der Waals surface area (Å²) in [5.74, 6) is -0.322. The Morgan fingerprint density at radius 1 is 1.12 bits per heavy atom. The lowest BCUT2D eigenvalue weighted by molar-refractivity contribution is -0.389. The zero-order valence-electron chi connectivity index (χ0n) is 12.7. The van der Waals surface area contributed by atoms with E-state index >= 15 is 0 Å². The summed E-state index contributed by atoms with van der Waals surface area (Å²) in [7, 11) is 0. The fourth-order valence-electron chi connectivity index (χ4n) is 2.50. The predicted octanol–water partition coefficient (Wildman–Crippen LogP) is 0.324. The molecule has 1 fully saturated rings. The molecule has 0 spiro atoms. The first-order valence-electron chi connectivity index (χ1n) is 7.27. The van der Waals surface area contributed by atoms with Crippen molar-refractivity contribution in [2.24, 2.45) is 0 Å². The largest absolute Gasteiger partial charge is 0.382 e. The summed E-state index contributed by atoms with van der Waals surface area (Å²) in [5, 5.41) is 10.6. The molecule has 10 nitrogen and oxygen atoms in total. The van der Waals surface area contributed by atoms with Crippen molar-refractivity contribution >= 4 is 23.2 Å². The second kappa shape index (κ2) is 6.44. The van der Waals surface area contributed by atoms with Gasteiger partial charge < -0.3 is 25.6 Å². The fraction of sp³-hybridized carbons (Fsp3) is 0.286. The number of carbonyl (C=O) groups excluding carboxylic acids is 1. The Kier molecular flexibility index (Phi) is 4.18. The second-order valence-corrected chi connectivity index (χ2v) is 5.20. The van der Waals surface area contributed by atoms with Crippen LogP contribution < -0.4 is 10.6 Å². The maximum absolute atomic E-state index is 12.4. The van der Waals surface area contributed by atoms with E-state index in [4.69, 9.17) is 5.73 Å². The topological polar surface area (TPSA) is 131 Å². The van der Waals surface area contributed by atoms with Crippen molar-refractivity contribution in [3.8, 4) is 0 Å². The van der Waals surface area contributed by atoms with Gasteiger partial charge in [-0.2, -0.15) is 0 Å². The van der Waals surface area contributed by atoms with E-state index in [1.165, 1.54) is 24.7 Å². The van der Waals surface area contributed by atoms with Gasteiger partial charge in [0.2, 0.25) is 0 Å². The van der Waals surface area contributed by atoms with Gasteiger partial charge in [-0.1, -0.05) is 0 Å². The van der Waals surface area contributed by atoms with E-state index in [1.54, 1.807) is 11.0 Å². The number of aromatic nitrogens is 3. The van der Waals surface area contributed by atoms with Crippen molar-refractivity contribution in [2.75, 3.05) is 36.8 Å². The molecule has 2 aromatic heterocycles. The number of amides is 1. The molecule has 124 valence electrons. The number of nitrogen functional groups attached to an aromatic ring is 1. The highest BCUT2D eigenvalue weighted by molar-refractivity contribution is 5.96. The van der Waals surface area contributed by atoms with Gasteiger partial charge in [0.15, 0.2) is 17.7 Å². The van der Waals surface area contributed by atoms with Crippen molar-refractivity contribution in [1.82, 2.24) is 19.9 Å². The van der Waals surface area contributed by atoms with Crippen LogP contribution in [0, 0.1) is 10.1 Å². The molecule has 24 heavy (non-hydrogen) atoms. The van der Waals surface area contributed by atoms with Gasteiger partial charge in [0.05, 0.1) is 5.69 Å². The molecule has 0 saturated carbocycles. The Hall–Kier alpha value is -3.30. The van der Waals surface area contributed by atoms with E-state index in [0.29, 0.717) is 26.2 Å². The zero-order chi connectivity index (χ0) is 17.1. The van der Waals surface area contributed by atoms with Crippen LogP contribution >= 0.6 is 0 Å². The molecule has 0 unspecified atom stereocenters. The standard InChI is InChI=1S/C14H15N7O3/c15-13-12(16-3-4-17-13)14(22)20-7-5-19(6-8-20)10-1-2-11(18-9-10)21(23)24/h1-4,9H,5-8H2,(H2,15,17). The Morgan fingerprint density at radius 2 is 1.83 bits per heavy atom. The molecule has 1 amide bonds. The minimum Gasteiger partial charge on any atom is -0.382 e. The molecule has 0 aromatic carbocycles. The van der Waals surface area contributed by atoms with Gasteiger partial charge in [0.25, 0.3) is 5.91 Å². The van der Waals surface area contributed by atoms with Crippen LogP contribution in [0.25, 0.3) is 0 Å². The van der Waals surface area contributed by atoms with Gasteiger partial charge >= 0.3 is 5.82 Å². The molecular weight excluding hydrogens is 314 g/mol. The first-order valence-corrected chi connectivity index (χ1v) is 7.27. The monoisotopic (exact) mass is 329 g/mol. The number of pyridine rings is 1. The summed E-state index contributed by atoms with van der Waals surface area (Å²) in [4.78, 5) is 37.9. The minimum atomic E-state index is -0.536. The maximum atomic E-state index is 12.4. The van der Waals surface area contributed by atoms with Crippen LogP contribution in [0.1, 0.15) is 10.5 Å². The molecule has 2 N–H and O–H groups in total. The number of nitro groups is 1. The smallest absolute Gasteiger partial charge is 0.363 e. The molecule has 1 saturated heterocycles. The number of nitrogens with two attached hydrogens (primary N) is 1. The summed E-state index contributed by atoms with van der Waals surface area (Å²) in [5.41, 5.74) is 6.63. The third kappa shape index (κ3) is 3.07. The number of nitrogens with zero attached hydrogens (tertiary/aromatic N) is 6. The van der Waals surface area contributed by atoms with Gasteiger partial charge in [0.1, 0.15) is 0 Å². The van der Waals surface area contributed by atoms with Crippen molar-refractivity contribution in [3.05, 3.63) is 46.5 Å². The van der Waals surface area contributed by atoms with Crippen molar-refractivity contribution in [3.63, 3.8) is 0 Å². The number of hydrogen-bond acceptors (Lipinski definition) is 8. The zero-order valence-corrected chi connectivity index (χ0v) is 12.7. The molecule has 3 rings (SSSR count). The van der Waals surface area contributed by atoms with Crippen LogP contribution in [0.3, 0.4) is 0 Å². The molecule has 1 aliphatic rings. The van der Waals surface area contributed by atoms with Gasteiger partial charge in [-0.3, -0.25) is 4.79 Å². The van der Waals surface area contributed by atoms with E-state index in [-0.39, 0.29) is 23.2 Å². The first kappa shape index (κ1) is 15.6. The lowest BCUT2D eigenvalue weighted by Gasteiger charge is -2.35. The predicted molar refractivity (Wildman–Crippen MR) is 85.5 cm³/mol. The number of hydrogen-bond donors (Lipinski definition) is 1. The van der Waals surface area contributed by atoms with E-state index in [0.717, 1.165) is 5.69 Å². The summed E-state index contributed by atoms with van der Waals surface area (Å²) >= 11 is 0. The summed E-state index contributed by atoms with van der Waals surface area (Å²) in [6.07, 6.45) is 4.34. The molecule has 0 bridgehead atoms. The van der Waals surface area contributed by atoms with E-state index in [1.807, 2.05) is 4.90 Å². The summed E-state index contributed by atoms with van der Waals surface area (Å²) in [6.45, 7) is 2.16. The molecule has 3 heterocycles. The third-order valence-electron chi connectivity index (χ3n) is 3.78. The highest BCUT2D eigenvalue weighted by atomic mass is 16.6. The highest BCUT2D eigenvalue weighted by Gasteiger charge is 2.25. The Balaban J connectivity index is 1.64. The Morgan fingerprint density at radius 3 is 2.42 bits per heavy atom. The first-order chi connectivity index (χ1) is 11.6. The maximum Gasteiger partial charge on any atom is 0.363 e. The van der Waals surface area contributed by atoms with Crippen LogP contribution in [0.15, 0.2) is 30.7 Å². The van der Waals surface area contributed by atoms with Crippen LogP contribution in [0.4, 0.5) is 17.3 Å².